The Labute approximate surface area is 89.9 Å². The molecule has 0 aliphatic heterocycles. The SMILES string of the molecule is C[C@@H](Cc1ccc(F)c(Br)c1)C(=O)O. The van der Waals surface area contributed by atoms with Crippen LogP contribution >= 0.6 is 15.9 Å². The Bertz CT molecular complexity index is 352. The van der Waals surface area contributed by atoms with Crippen LogP contribution in [0.15, 0.2) is 22.7 Å². The van der Waals surface area contributed by atoms with Gasteiger partial charge in [-0.25, -0.2) is 4.39 Å². The van der Waals surface area contributed by atoms with Gasteiger partial charge in [0.05, 0.1) is 10.4 Å². The predicted molar refractivity (Wildman–Crippen MR) is 54.6 cm³/mol. The molecule has 0 aliphatic rings. The minimum absolute atomic E-state index is 0.336. The molecule has 1 rings (SSSR count). The number of aliphatic carboxylic acids is 1. The molecule has 0 radical (unpaired) electrons. The fourth-order valence-electron chi connectivity index (χ4n) is 1.11. The lowest BCUT2D eigenvalue weighted by Crippen LogP contribution is -2.12. The van der Waals surface area contributed by atoms with E-state index in [0.29, 0.717) is 10.9 Å². The molecule has 0 fully saturated rings. The highest BCUT2D eigenvalue weighted by Crippen LogP contribution is 2.18. The van der Waals surface area contributed by atoms with Crippen LogP contribution in [-0.4, -0.2) is 11.1 Å². The summed E-state index contributed by atoms with van der Waals surface area (Å²) in [5.74, 6) is -1.63. The zero-order chi connectivity index (χ0) is 10.7. The Morgan fingerprint density at radius 1 is 1.64 bits per heavy atom. The van der Waals surface area contributed by atoms with Gasteiger partial charge in [-0.2, -0.15) is 0 Å². The number of halogens is 2. The van der Waals surface area contributed by atoms with E-state index in [2.05, 4.69) is 15.9 Å². The lowest BCUT2D eigenvalue weighted by Gasteiger charge is -2.06. The van der Waals surface area contributed by atoms with Gasteiger partial charge in [0.2, 0.25) is 0 Å². The second kappa shape index (κ2) is 4.55. The topological polar surface area (TPSA) is 37.3 Å². The Morgan fingerprint density at radius 3 is 2.79 bits per heavy atom. The second-order valence-electron chi connectivity index (χ2n) is 3.19. The summed E-state index contributed by atoms with van der Waals surface area (Å²) in [6, 6.07) is 4.53. The maximum atomic E-state index is 12.8. The Kier molecular flexibility index (Phi) is 3.63. The van der Waals surface area contributed by atoms with E-state index in [1.807, 2.05) is 0 Å². The third-order valence-corrected chi connectivity index (χ3v) is 2.56. The maximum absolute atomic E-state index is 12.8. The fraction of sp³-hybridized carbons (Fsp3) is 0.300. The van der Waals surface area contributed by atoms with Gasteiger partial charge in [-0.15, -0.1) is 0 Å². The molecule has 0 amide bonds. The van der Waals surface area contributed by atoms with Gasteiger partial charge < -0.3 is 5.11 Å². The molecule has 2 nitrogen and oxygen atoms in total. The van der Waals surface area contributed by atoms with E-state index in [9.17, 15) is 9.18 Å². The fourth-order valence-corrected chi connectivity index (χ4v) is 1.53. The van der Waals surface area contributed by atoms with Crippen molar-refractivity contribution in [2.75, 3.05) is 0 Å². The second-order valence-corrected chi connectivity index (χ2v) is 4.05. The molecule has 0 saturated carbocycles. The average Bonchev–Trinajstić information content (AvgIpc) is 2.11. The van der Waals surface area contributed by atoms with E-state index < -0.39 is 11.9 Å². The summed E-state index contributed by atoms with van der Waals surface area (Å²) < 4.78 is 13.2. The van der Waals surface area contributed by atoms with Crippen molar-refractivity contribution in [1.29, 1.82) is 0 Å². The van der Waals surface area contributed by atoms with Gasteiger partial charge in [0.15, 0.2) is 0 Å². The van der Waals surface area contributed by atoms with Crippen LogP contribution in [0.25, 0.3) is 0 Å². The van der Waals surface area contributed by atoms with Crippen molar-refractivity contribution in [3.05, 3.63) is 34.1 Å². The third-order valence-electron chi connectivity index (χ3n) is 1.95. The third kappa shape index (κ3) is 2.80. The summed E-state index contributed by atoms with van der Waals surface area (Å²) in [5.41, 5.74) is 0.813. The van der Waals surface area contributed by atoms with Crippen LogP contribution in [0.3, 0.4) is 0 Å². The highest BCUT2D eigenvalue weighted by Gasteiger charge is 2.12. The molecule has 14 heavy (non-hydrogen) atoms. The molecule has 0 heterocycles. The smallest absolute Gasteiger partial charge is 0.306 e. The first kappa shape index (κ1) is 11.2. The standard InChI is InChI=1S/C10H10BrFO2/c1-6(10(13)14)4-7-2-3-9(12)8(11)5-7/h2-3,5-6H,4H2,1H3,(H,13,14)/t6-/m0/s1. The van der Waals surface area contributed by atoms with Gasteiger partial charge in [0.25, 0.3) is 0 Å². The lowest BCUT2D eigenvalue weighted by atomic mass is 10.0. The van der Waals surface area contributed by atoms with Gasteiger partial charge in [0, 0.05) is 0 Å². The molecular weight excluding hydrogens is 251 g/mol. The van der Waals surface area contributed by atoms with Crippen LogP contribution in [0.5, 0.6) is 0 Å². The molecule has 0 saturated heterocycles. The molecule has 0 unspecified atom stereocenters. The van der Waals surface area contributed by atoms with E-state index in [0.717, 1.165) is 5.56 Å². The minimum atomic E-state index is -0.842. The zero-order valence-corrected chi connectivity index (χ0v) is 9.21. The molecule has 0 aliphatic carbocycles. The quantitative estimate of drug-likeness (QED) is 0.908. The first-order chi connectivity index (χ1) is 6.50. The molecule has 0 spiro atoms. The zero-order valence-electron chi connectivity index (χ0n) is 7.63. The molecule has 1 aromatic carbocycles. The van der Waals surface area contributed by atoms with Crippen molar-refractivity contribution in [2.24, 2.45) is 5.92 Å². The van der Waals surface area contributed by atoms with Gasteiger partial charge in [0.1, 0.15) is 5.82 Å². The molecule has 1 atom stereocenters. The number of rotatable bonds is 3. The minimum Gasteiger partial charge on any atom is -0.481 e. The molecule has 76 valence electrons. The Morgan fingerprint density at radius 2 is 2.29 bits per heavy atom. The summed E-state index contributed by atoms with van der Waals surface area (Å²) in [6.45, 7) is 1.62. The lowest BCUT2D eigenvalue weighted by molar-refractivity contribution is -0.141. The van der Waals surface area contributed by atoms with Gasteiger partial charge >= 0.3 is 5.97 Å². The summed E-state index contributed by atoms with van der Waals surface area (Å²) in [7, 11) is 0. The van der Waals surface area contributed by atoms with Crippen molar-refractivity contribution in [3.63, 3.8) is 0 Å². The average molecular weight is 261 g/mol. The van der Waals surface area contributed by atoms with Crippen molar-refractivity contribution in [1.82, 2.24) is 0 Å². The molecular formula is C10H10BrFO2. The number of carbonyl (C=O) groups is 1. The van der Waals surface area contributed by atoms with Crippen molar-refractivity contribution < 1.29 is 14.3 Å². The summed E-state index contributed by atoms with van der Waals surface area (Å²) in [5, 5.41) is 8.68. The van der Waals surface area contributed by atoms with Gasteiger partial charge in [-0.1, -0.05) is 13.0 Å². The van der Waals surface area contributed by atoms with Crippen molar-refractivity contribution in [2.45, 2.75) is 13.3 Å². The largest absolute Gasteiger partial charge is 0.481 e. The van der Waals surface area contributed by atoms with Gasteiger partial charge in [-0.05, 0) is 40.0 Å². The molecule has 4 heteroatoms. The maximum Gasteiger partial charge on any atom is 0.306 e. The molecule has 1 N–H and O–H groups in total. The predicted octanol–water partition coefficient (Wildman–Crippen LogP) is 2.85. The highest BCUT2D eigenvalue weighted by atomic mass is 79.9. The summed E-state index contributed by atoms with van der Waals surface area (Å²) in [6.07, 6.45) is 0.411. The van der Waals surface area contributed by atoms with Crippen LogP contribution in [0, 0.1) is 11.7 Å². The van der Waals surface area contributed by atoms with Crippen LogP contribution in [0.4, 0.5) is 4.39 Å². The summed E-state index contributed by atoms with van der Waals surface area (Å²) >= 11 is 3.05. The van der Waals surface area contributed by atoms with Gasteiger partial charge in [-0.3, -0.25) is 4.79 Å². The van der Waals surface area contributed by atoms with Crippen molar-refractivity contribution in [3.8, 4) is 0 Å². The van der Waals surface area contributed by atoms with E-state index in [1.165, 1.54) is 6.07 Å². The molecule has 0 aromatic heterocycles. The van der Waals surface area contributed by atoms with E-state index in [4.69, 9.17) is 5.11 Å². The summed E-state index contributed by atoms with van der Waals surface area (Å²) in [4.78, 5) is 10.6. The van der Waals surface area contributed by atoms with E-state index in [1.54, 1.807) is 19.1 Å². The molecule has 0 bridgehead atoms. The molecule has 1 aromatic rings. The number of hydrogen-bond donors (Lipinski definition) is 1. The number of hydrogen-bond acceptors (Lipinski definition) is 1. The van der Waals surface area contributed by atoms with Crippen LogP contribution in [-0.2, 0) is 11.2 Å². The van der Waals surface area contributed by atoms with Crippen LogP contribution in [0.1, 0.15) is 12.5 Å². The van der Waals surface area contributed by atoms with Crippen molar-refractivity contribution >= 4 is 21.9 Å². The monoisotopic (exact) mass is 260 g/mol. The van der Waals surface area contributed by atoms with E-state index in [-0.39, 0.29) is 5.82 Å². The van der Waals surface area contributed by atoms with Crippen LogP contribution < -0.4 is 0 Å². The Hall–Kier alpha value is -0.900. The normalized spacial score (nSPS) is 12.5. The number of benzene rings is 1. The Balaban J connectivity index is 2.78. The number of carboxylic acid groups (broad SMARTS) is 1. The number of carboxylic acids is 1. The van der Waals surface area contributed by atoms with E-state index >= 15 is 0 Å². The van der Waals surface area contributed by atoms with Crippen LogP contribution in [0.2, 0.25) is 0 Å². The first-order valence-electron chi connectivity index (χ1n) is 4.17. The highest BCUT2D eigenvalue weighted by molar-refractivity contribution is 9.10. The first-order valence-corrected chi connectivity index (χ1v) is 4.96.